The average molecular weight is 159 g/mol. The largest absolute Gasteiger partial charge is 0.399 e. The van der Waals surface area contributed by atoms with Crippen molar-refractivity contribution in [1.82, 2.24) is 0 Å². The summed E-state index contributed by atoms with van der Waals surface area (Å²) in [6.07, 6.45) is 5.97. The summed E-state index contributed by atoms with van der Waals surface area (Å²) in [6, 6.07) is 8.10. The zero-order valence-corrected chi connectivity index (χ0v) is 7.09. The Kier molecular flexibility index (Phi) is 1.86. The number of anilines is 1. The van der Waals surface area contributed by atoms with Crippen LogP contribution in [0.25, 0.3) is 0 Å². The molecule has 1 aliphatic carbocycles. The molecule has 0 heterocycles. The third kappa shape index (κ3) is 1.88. The quantitative estimate of drug-likeness (QED) is 0.521. The fourth-order valence-corrected chi connectivity index (χ4v) is 1.26. The van der Waals surface area contributed by atoms with Gasteiger partial charge in [0.15, 0.2) is 0 Å². The van der Waals surface area contributed by atoms with Crippen LogP contribution in [-0.4, -0.2) is 0 Å². The minimum Gasteiger partial charge on any atom is -0.399 e. The molecule has 12 heavy (non-hydrogen) atoms. The Hall–Kier alpha value is -1.24. The number of benzene rings is 1. The van der Waals surface area contributed by atoms with E-state index in [4.69, 9.17) is 5.73 Å². The molecule has 0 radical (unpaired) electrons. The van der Waals surface area contributed by atoms with Crippen molar-refractivity contribution in [3.05, 3.63) is 41.5 Å². The highest BCUT2D eigenvalue weighted by atomic mass is 14.5. The van der Waals surface area contributed by atoms with E-state index in [2.05, 4.69) is 12.1 Å². The number of allylic oxidation sites excluding steroid dienone is 2. The molecule has 1 aliphatic rings. The minimum absolute atomic E-state index is 0.863. The average Bonchev–Trinajstić information content (AvgIpc) is 2.84. The molecular formula is C11H13N. The molecule has 0 spiro atoms. The molecule has 1 saturated carbocycles. The zero-order chi connectivity index (χ0) is 8.39. The van der Waals surface area contributed by atoms with E-state index in [0.717, 1.165) is 12.1 Å². The summed E-state index contributed by atoms with van der Waals surface area (Å²) < 4.78 is 0. The van der Waals surface area contributed by atoms with E-state index < -0.39 is 0 Å². The van der Waals surface area contributed by atoms with Crippen LogP contribution in [0.5, 0.6) is 0 Å². The predicted octanol–water partition coefficient (Wildman–Crippen LogP) is 2.53. The Bertz CT molecular complexity index is 307. The molecule has 1 aromatic carbocycles. The van der Waals surface area contributed by atoms with Gasteiger partial charge in [-0.25, -0.2) is 0 Å². The molecule has 2 N–H and O–H groups in total. The van der Waals surface area contributed by atoms with Crippen LogP contribution in [0.1, 0.15) is 18.4 Å². The fraction of sp³-hybridized carbons (Fsp3) is 0.273. The van der Waals surface area contributed by atoms with Crippen LogP contribution in [-0.2, 0) is 6.42 Å². The van der Waals surface area contributed by atoms with Gasteiger partial charge in [0.2, 0.25) is 0 Å². The van der Waals surface area contributed by atoms with Crippen molar-refractivity contribution >= 4 is 5.69 Å². The maximum atomic E-state index is 5.66. The van der Waals surface area contributed by atoms with Crippen LogP contribution in [0, 0.1) is 0 Å². The lowest BCUT2D eigenvalue weighted by Gasteiger charge is -1.97. The zero-order valence-electron chi connectivity index (χ0n) is 7.09. The summed E-state index contributed by atoms with van der Waals surface area (Å²) in [7, 11) is 0. The molecule has 0 aliphatic heterocycles. The molecule has 1 aromatic rings. The molecule has 62 valence electrons. The summed E-state index contributed by atoms with van der Waals surface area (Å²) in [4.78, 5) is 0. The van der Waals surface area contributed by atoms with Gasteiger partial charge in [-0.15, -0.1) is 0 Å². The van der Waals surface area contributed by atoms with Crippen LogP contribution in [0.4, 0.5) is 5.69 Å². The molecular weight excluding hydrogens is 146 g/mol. The van der Waals surface area contributed by atoms with Gasteiger partial charge in [0.05, 0.1) is 0 Å². The van der Waals surface area contributed by atoms with Gasteiger partial charge in [0, 0.05) is 5.69 Å². The maximum Gasteiger partial charge on any atom is 0.0316 e. The predicted molar refractivity (Wildman–Crippen MR) is 51.9 cm³/mol. The number of nitrogens with two attached hydrogens (primary N) is 1. The van der Waals surface area contributed by atoms with Crippen molar-refractivity contribution in [3.63, 3.8) is 0 Å². The molecule has 0 atom stereocenters. The fourth-order valence-electron chi connectivity index (χ4n) is 1.26. The minimum atomic E-state index is 0.863. The standard InChI is InChI=1S/C11H13N/c12-11-3-1-2-10(8-11)7-6-9-4-5-9/h1-3,6,8H,4-5,7,12H2. The summed E-state index contributed by atoms with van der Waals surface area (Å²) in [5.74, 6) is 0. The lowest BCUT2D eigenvalue weighted by molar-refractivity contribution is 1.26. The summed E-state index contributed by atoms with van der Waals surface area (Å²) in [5.41, 5.74) is 9.43. The maximum absolute atomic E-state index is 5.66. The third-order valence-corrected chi connectivity index (χ3v) is 2.12. The third-order valence-electron chi connectivity index (χ3n) is 2.12. The second kappa shape index (κ2) is 3.02. The first-order valence-corrected chi connectivity index (χ1v) is 4.37. The van der Waals surface area contributed by atoms with E-state index in [0.29, 0.717) is 0 Å². The highest BCUT2D eigenvalue weighted by molar-refractivity contribution is 5.41. The highest BCUT2D eigenvalue weighted by Gasteiger charge is 2.09. The van der Waals surface area contributed by atoms with Crippen molar-refractivity contribution in [2.45, 2.75) is 19.3 Å². The van der Waals surface area contributed by atoms with Gasteiger partial charge in [0.1, 0.15) is 0 Å². The van der Waals surface area contributed by atoms with Gasteiger partial charge >= 0.3 is 0 Å². The van der Waals surface area contributed by atoms with Crippen LogP contribution in [0.15, 0.2) is 35.9 Å². The summed E-state index contributed by atoms with van der Waals surface area (Å²) in [5, 5.41) is 0. The molecule has 1 heteroatoms. The van der Waals surface area contributed by atoms with E-state index in [-0.39, 0.29) is 0 Å². The molecule has 0 amide bonds. The molecule has 1 nitrogen and oxygen atoms in total. The summed E-state index contributed by atoms with van der Waals surface area (Å²) >= 11 is 0. The normalized spacial score (nSPS) is 14.5. The van der Waals surface area contributed by atoms with E-state index in [1.165, 1.54) is 18.4 Å². The first-order chi connectivity index (χ1) is 5.84. The summed E-state index contributed by atoms with van der Waals surface area (Å²) in [6.45, 7) is 0. The second-order valence-corrected chi connectivity index (χ2v) is 3.31. The van der Waals surface area contributed by atoms with Crippen LogP contribution >= 0.6 is 0 Å². The molecule has 2 rings (SSSR count). The Morgan fingerprint density at radius 1 is 1.33 bits per heavy atom. The van der Waals surface area contributed by atoms with Gasteiger partial charge in [-0.3, -0.25) is 0 Å². The van der Waals surface area contributed by atoms with Crippen molar-refractivity contribution < 1.29 is 0 Å². The van der Waals surface area contributed by atoms with Crippen LogP contribution < -0.4 is 5.73 Å². The lowest BCUT2D eigenvalue weighted by Crippen LogP contribution is -1.86. The smallest absolute Gasteiger partial charge is 0.0316 e. The first-order valence-electron chi connectivity index (χ1n) is 4.37. The van der Waals surface area contributed by atoms with Gasteiger partial charge in [-0.2, -0.15) is 0 Å². The van der Waals surface area contributed by atoms with E-state index in [1.54, 1.807) is 5.57 Å². The second-order valence-electron chi connectivity index (χ2n) is 3.31. The van der Waals surface area contributed by atoms with E-state index in [9.17, 15) is 0 Å². The highest BCUT2D eigenvalue weighted by Crippen LogP contribution is 2.27. The van der Waals surface area contributed by atoms with Crippen LogP contribution in [0.2, 0.25) is 0 Å². The van der Waals surface area contributed by atoms with Crippen molar-refractivity contribution in [1.29, 1.82) is 0 Å². The molecule has 0 saturated heterocycles. The van der Waals surface area contributed by atoms with Gasteiger partial charge < -0.3 is 5.73 Å². The van der Waals surface area contributed by atoms with E-state index in [1.807, 2.05) is 18.2 Å². The monoisotopic (exact) mass is 159 g/mol. The van der Waals surface area contributed by atoms with Crippen molar-refractivity contribution in [3.8, 4) is 0 Å². The number of hydrogen-bond donors (Lipinski definition) is 1. The van der Waals surface area contributed by atoms with Crippen LogP contribution in [0.3, 0.4) is 0 Å². The van der Waals surface area contributed by atoms with Gasteiger partial charge in [-0.1, -0.05) is 23.8 Å². The van der Waals surface area contributed by atoms with Crippen molar-refractivity contribution in [2.75, 3.05) is 5.73 Å². The number of rotatable bonds is 2. The van der Waals surface area contributed by atoms with E-state index >= 15 is 0 Å². The number of nitrogen functional groups attached to an aromatic ring is 1. The first kappa shape index (κ1) is 7.41. The van der Waals surface area contributed by atoms with Gasteiger partial charge in [0.25, 0.3) is 0 Å². The molecule has 0 unspecified atom stereocenters. The molecule has 1 fully saturated rings. The van der Waals surface area contributed by atoms with Crippen molar-refractivity contribution in [2.24, 2.45) is 0 Å². The Labute approximate surface area is 72.9 Å². The van der Waals surface area contributed by atoms with Gasteiger partial charge in [-0.05, 0) is 37.0 Å². The molecule has 0 aromatic heterocycles. The molecule has 0 bridgehead atoms. The Morgan fingerprint density at radius 2 is 2.17 bits per heavy atom. The Balaban J connectivity index is 2.07. The lowest BCUT2D eigenvalue weighted by atomic mass is 10.1. The number of hydrogen-bond acceptors (Lipinski definition) is 1. The Morgan fingerprint density at radius 3 is 2.83 bits per heavy atom. The topological polar surface area (TPSA) is 26.0 Å². The SMILES string of the molecule is Nc1cccc(CC=C2CC2)c1.